The summed E-state index contributed by atoms with van der Waals surface area (Å²) in [6.07, 6.45) is 0. The van der Waals surface area contributed by atoms with Crippen LogP contribution in [0, 0.1) is 17.1 Å². The van der Waals surface area contributed by atoms with Gasteiger partial charge in [-0.3, -0.25) is 0 Å². The zero-order valence-electron chi connectivity index (χ0n) is 10.6. The molecule has 0 unspecified atom stereocenters. The van der Waals surface area contributed by atoms with Crippen LogP contribution in [0.4, 0.5) is 4.39 Å². The third-order valence-corrected chi connectivity index (χ3v) is 3.21. The molecule has 3 nitrogen and oxygen atoms in total. The summed E-state index contributed by atoms with van der Waals surface area (Å²) in [5.74, 6) is 0.126. The van der Waals surface area contributed by atoms with Gasteiger partial charge in [-0.15, -0.1) is 0 Å². The molecule has 2 aromatic rings. The molecule has 2 rings (SSSR count). The minimum Gasteiger partial charge on any atom is -0.488 e. The Hall–Kier alpha value is -2.09. The normalized spacial score (nSPS) is 10.1. The van der Waals surface area contributed by atoms with Gasteiger partial charge in [0.05, 0.1) is 11.6 Å². The Kier molecular flexibility index (Phi) is 4.57. The Morgan fingerprint density at radius 3 is 2.80 bits per heavy atom. The Morgan fingerprint density at radius 2 is 2.10 bits per heavy atom. The molecule has 0 atom stereocenters. The van der Waals surface area contributed by atoms with Crippen LogP contribution in [0.5, 0.6) is 5.75 Å². The maximum Gasteiger partial charge on any atom is 0.125 e. The van der Waals surface area contributed by atoms with E-state index >= 15 is 0 Å². The van der Waals surface area contributed by atoms with E-state index in [0.717, 1.165) is 0 Å². The molecule has 0 radical (unpaired) electrons. The molecule has 0 saturated carbocycles. The molecule has 0 fully saturated rings. The molecule has 0 spiro atoms. The molecule has 0 bridgehead atoms. The lowest BCUT2D eigenvalue weighted by Gasteiger charge is -2.12. The average Bonchev–Trinajstić information content (AvgIpc) is 2.45. The summed E-state index contributed by atoms with van der Waals surface area (Å²) >= 11 is 6.02. The van der Waals surface area contributed by atoms with Crippen LogP contribution in [0.3, 0.4) is 0 Å². The van der Waals surface area contributed by atoms with Crippen molar-refractivity contribution in [1.29, 1.82) is 5.26 Å². The zero-order valence-corrected chi connectivity index (χ0v) is 11.3. The number of nitrogens with zero attached hydrogens (tertiary/aromatic N) is 1. The molecule has 0 aromatic heterocycles. The quantitative estimate of drug-likeness (QED) is 0.939. The van der Waals surface area contributed by atoms with Gasteiger partial charge in [0.1, 0.15) is 18.2 Å². The lowest BCUT2D eigenvalue weighted by Crippen LogP contribution is -2.04. The van der Waals surface area contributed by atoms with E-state index in [2.05, 4.69) is 0 Å². The summed E-state index contributed by atoms with van der Waals surface area (Å²) < 4.78 is 18.8. The van der Waals surface area contributed by atoms with E-state index in [4.69, 9.17) is 27.3 Å². The number of rotatable bonds is 4. The van der Waals surface area contributed by atoms with E-state index in [0.29, 0.717) is 27.5 Å². The van der Waals surface area contributed by atoms with E-state index in [1.165, 1.54) is 18.2 Å². The molecular formula is C15H12ClFN2O. The first-order valence-corrected chi connectivity index (χ1v) is 6.32. The maximum absolute atomic E-state index is 13.2. The lowest BCUT2D eigenvalue weighted by atomic mass is 10.1. The topological polar surface area (TPSA) is 59.0 Å². The van der Waals surface area contributed by atoms with Gasteiger partial charge >= 0.3 is 0 Å². The van der Waals surface area contributed by atoms with Crippen LogP contribution in [-0.2, 0) is 13.2 Å². The number of nitriles is 1. The summed E-state index contributed by atoms with van der Waals surface area (Å²) in [6.45, 7) is 0.317. The molecule has 2 N–H and O–H groups in total. The van der Waals surface area contributed by atoms with E-state index in [-0.39, 0.29) is 13.2 Å². The van der Waals surface area contributed by atoms with Crippen molar-refractivity contribution in [2.45, 2.75) is 13.2 Å². The summed E-state index contributed by atoms with van der Waals surface area (Å²) in [6, 6.07) is 11.2. The maximum atomic E-state index is 13.2. The van der Waals surface area contributed by atoms with Gasteiger partial charge in [0.15, 0.2) is 0 Å². The molecule has 0 saturated heterocycles. The number of hydrogen-bond acceptors (Lipinski definition) is 3. The molecule has 0 heterocycles. The van der Waals surface area contributed by atoms with Crippen molar-refractivity contribution in [3.63, 3.8) is 0 Å². The smallest absolute Gasteiger partial charge is 0.125 e. The fraction of sp³-hybridized carbons (Fsp3) is 0.133. The van der Waals surface area contributed by atoms with Crippen molar-refractivity contribution in [3.8, 4) is 11.8 Å². The van der Waals surface area contributed by atoms with Gasteiger partial charge in [0, 0.05) is 22.7 Å². The van der Waals surface area contributed by atoms with Crippen LogP contribution in [0.1, 0.15) is 16.7 Å². The van der Waals surface area contributed by atoms with E-state index < -0.39 is 5.82 Å². The van der Waals surface area contributed by atoms with Gasteiger partial charge in [0.25, 0.3) is 0 Å². The largest absolute Gasteiger partial charge is 0.488 e. The molecule has 0 aliphatic heterocycles. The zero-order chi connectivity index (χ0) is 14.5. The van der Waals surface area contributed by atoms with Crippen molar-refractivity contribution in [3.05, 3.63) is 63.9 Å². The Bertz CT molecular complexity index is 667. The average molecular weight is 291 g/mol. The fourth-order valence-corrected chi connectivity index (χ4v) is 2.06. The van der Waals surface area contributed by atoms with Gasteiger partial charge in [-0.2, -0.15) is 5.26 Å². The van der Waals surface area contributed by atoms with Crippen molar-refractivity contribution >= 4 is 11.6 Å². The number of ether oxygens (including phenoxy) is 1. The van der Waals surface area contributed by atoms with E-state index in [9.17, 15) is 4.39 Å². The highest BCUT2D eigenvalue weighted by molar-refractivity contribution is 6.31. The Labute approximate surface area is 121 Å². The minimum atomic E-state index is -0.409. The Balaban J connectivity index is 2.24. The first-order chi connectivity index (χ1) is 9.65. The summed E-state index contributed by atoms with van der Waals surface area (Å²) in [5.41, 5.74) is 7.17. The number of benzene rings is 2. The van der Waals surface area contributed by atoms with E-state index in [1.54, 1.807) is 18.2 Å². The fourth-order valence-electron chi connectivity index (χ4n) is 1.82. The SMILES string of the molecule is N#Cc1ccc(F)cc1COc1cccc(Cl)c1CN. The summed E-state index contributed by atoms with van der Waals surface area (Å²) in [4.78, 5) is 0. The minimum absolute atomic E-state index is 0.0774. The van der Waals surface area contributed by atoms with Crippen molar-refractivity contribution in [1.82, 2.24) is 0 Å². The third-order valence-electron chi connectivity index (χ3n) is 2.85. The second-order valence-electron chi connectivity index (χ2n) is 4.12. The first-order valence-electron chi connectivity index (χ1n) is 5.94. The van der Waals surface area contributed by atoms with Crippen LogP contribution in [0.2, 0.25) is 5.02 Å². The number of nitrogens with two attached hydrogens (primary N) is 1. The number of hydrogen-bond donors (Lipinski definition) is 1. The van der Waals surface area contributed by atoms with Crippen LogP contribution < -0.4 is 10.5 Å². The highest BCUT2D eigenvalue weighted by Gasteiger charge is 2.09. The molecule has 0 amide bonds. The molecule has 0 aliphatic carbocycles. The monoisotopic (exact) mass is 290 g/mol. The van der Waals surface area contributed by atoms with Gasteiger partial charge < -0.3 is 10.5 Å². The standard InChI is InChI=1S/C15H12ClFN2O/c16-14-2-1-3-15(13(14)8-19)20-9-11-6-12(17)5-4-10(11)7-18/h1-6H,8-9,19H2. The summed E-state index contributed by atoms with van der Waals surface area (Å²) in [7, 11) is 0. The second kappa shape index (κ2) is 6.38. The van der Waals surface area contributed by atoms with Crippen LogP contribution >= 0.6 is 11.6 Å². The van der Waals surface area contributed by atoms with Crippen molar-refractivity contribution in [2.24, 2.45) is 5.73 Å². The molecule has 5 heteroatoms. The molecular weight excluding hydrogens is 279 g/mol. The van der Waals surface area contributed by atoms with Crippen molar-refractivity contribution < 1.29 is 9.13 Å². The highest BCUT2D eigenvalue weighted by Crippen LogP contribution is 2.27. The third kappa shape index (κ3) is 3.08. The van der Waals surface area contributed by atoms with E-state index in [1.807, 2.05) is 6.07 Å². The van der Waals surface area contributed by atoms with Crippen LogP contribution in [-0.4, -0.2) is 0 Å². The predicted molar refractivity (Wildman–Crippen MR) is 74.8 cm³/mol. The van der Waals surface area contributed by atoms with Crippen LogP contribution in [0.25, 0.3) is 0 Å². The first kappa shape index (κ1) is 14.3. The summed E-state index contributed by atoms with van der Waals surface area (Å²) in [5, 5.41) is 9.50. The lowest BCUT2D eigenvalue weighted by molar-refractivity contribution is 0.302. The molecule has 102 valence electrons. The highest BCUT2D eigenvalue weighted by atomic mass is 35.5. The van der Waals surface area contributed by atoms with Gasteiger partial charge in [-0.1, -0.05) is 17.7 Å². The number of halogens is 2. The second-order valence-corrected chi connectivity index (χ2v) is 4.53. The molecule has 2 aromatic carbocycles. The van der Waals surface area contributed by atoms with Crippen LogP contribution in [0.15, 0.2) is 36.4 Å². The van der Waals surface area contributed by atoms with Gasteiger partial charge in [-0.25, -0.2) is 4.39 Å². The van der Waals surface area contributed by atoms with Crippen molar-refractivity contribution in [2.75, 3.05) is 0 Å². The predicted octanol–water partition coefficient (Wildman–Crippen LogP) is 3.39. The molecule has 0 aliphatic rings. The Morgan fingerprint density at radius 1 is 1.30 bits per heavy atom. The van der Waals surface area contributed by atoms with Gasteiger partial charge in [-0.05, 0) is 30.3 Å². The van der Waals surface area contributed by atoms with Gasteiger partial charge in [0.2, 0.25) is 0 Å². The molecule has 20 heavy (non-hydrogen) atoms.